The Kier molecular flexibility index (Phi) is 7.10. The van der Waals surface area contributed by atoms with Crippen molar-refractivity contribution in [2.45, 2.75) is 51.9 Å². The van der Waals surface area contributed by atoms with Crippen molar-refractivity contribution in [3.63, 3.8) is 0 Å². The van der Waals surface area contributed by atoms with E-state index in [1.807, 2.05) is 4.90 Å². The van der Waals surface area contributed by atoms with Crippen molar-refractivity contribution >= 4 is 21.8 Å². The van der Waals surface area contributed by atoms with Gasteiger partial charge in [0.05, 0.1) is 0 Å². The topological polar surface area (TPSA) is 20.3 Å². The molecule has 94 valence electrons. The fraction of sp³-hybridized carbons (Fsp3) is 0.923. The normalized spacial score (nSPS) is 16.6. The lowest BCUT2D eigenvalue weighted by atomic mass is 10.0. The SMILES string of the molecule is CCN(CCCBr)C(=O)CCC1CCCC1. The van der Waals surface area contributed by atoms with Crippen LogP contribution in [0, 0.1) is 5.92 Å². The van der Waals surface area contributed by atoms with Gasteiger partial charge < -0.3 is 4.90 Å². The molecule has 2 nitrogen and oxygen atoms in total. The van der Waals surface area contributed by atoms with Crippen LogP contribution >= 0.6 is 15.9 Å². The van der Waals surface area contributed by atoms with Gasteiger partial charge in [0.25, 0.3) is 0 Å². The van der Waals surface area contributed by atoms with Gasteiger partial charge in [-0.3, -0.25) is 4.79 Å². The molecule has 0 spiro atoms. The van der Waals surface area contributed by atoms with Crippen molar-refractivity contribution in [2.24, 2.45) is 5.92 Å². The van der Waals surface area contributed by atoms with E-state index < -0.39 is 0 Å². The Labute approximate surface area is 108 Å². The number of carbonyl (C=O) groups is 1. The third-order valence-electron chi connectivity index (χ3n) is 3.54. The summed E-state index contributed by atoms with van der Waals surface area (Å²) in [4.78, 5) is 13.9. The highest BCUT2D eigenvalue weighted by atomic mass is 79.9. The lowest BCUT2D eigenvalue weighted by Gasteiger charge is -2.21. The molecule has 0 bridgehead atoms. The monoisotopic (exact) mass is 289 g/mol. The molecule has 0 heterocycles. The lowest BCUT2D eigenvalue weighted by Crippen LogP contribution is -2.32. The summed E-state index contributed by atoms with van der Waals surface area (Å²) in [5.74, 6) is 1.19. The molecule has 1 fully saturated rings. The van der Waals surface area contributed by atoms with Crippen LogP contribution in [-0.2, 0) is 4.79 Å². The molecule has 0 unspecified atom stereocenters. The number of hydrogen-bond acceptors (Lipinski definition) is 1. The summed E-state index contributed by atoms with van der Waals surface area (Å²) in [5, 5.41) is 0.986. The van der Waals surface area contributed by atoms with E-state index in [2.05, 4.69) is 22.9 Å². The minimum Gasteiger partial charge on any atom is -0.343 e. The van der Waals surface area contributed by atoms with Gasteiger partial charge in [-0.15, -0.1) is 0 Å². The summed E-state index contributed by atoms with van der Waals surface area (Å²) >= 11 is 3.41. The molecule has 1 saturated carbocycles. The van der Waals surface area contributed by atoms with Crippen LogP contribution in [0.4, 0.5) is 0 Å². The summed E-state index contributed by atoms with van der Waals surface area (Å²) < 4.78 is 0. The summed E-state index contributed by atoms with van der Waals surface area (Å²) in [6.07, 6.45) is 8.38. The van der Waals surface area contributed by atoms with Crippen molar-refractivity contribution in [3.05, 3.63) is 0 Å². The summed E-state index contributed by atoms with van der Waals surface area (Å²) in [5.41, 5.74) is 0. The maximum absolute atomic E-state index is 11.9. The molecule has 0 aromatic rings. The Morgan fingerprint density at radius 2 is 2.06 bits per heavy atom. The summed E-state index contributed by atoms with van der Waals surface area (Å²) in [7, 11) is 0. The van der Waals surface area contributed by atoms with Gasteiger partial charge in [0.1, 0.15) is 0 Å². The van der Waals surface area contributed by atoms with Gasteiger partial charge in [-0.05, 0) is 25.7 Å². The standard InChI is InChI=1S/C13H24BrNO/c1-2-15(11-5-10-14)13(16)9-8-12-6-3-4-7-12/h12H,2-11H2,1H3. The zero-order valence-electron chi connectivity index (χ0n) is 10.4. The van der Waals surface area contributed by atoms with E-state index in [0.29, 0.717) is 5.91 Å². The third kappa shape index (κ3) is 4.86. The van der Waals surface area contributed by atoms with E-state index in [9.17, 15) is 4.79 Å². The molecule has 1 rings (SSSR count). The van der Waals surface area contributed by atoms with Gasteiger partial charge in [-0.2, -0.15) is 0 Å². The number of carbonyl (C=O) groups excluding carboxylic acids is 1. The van der Waals surface area contributed by atoms with E-state index in [4.69, 9.17) is 0 Å². The molecule has 0 aromatic carbocycles. The molecular formula is C13H24BrNO. The van der Waals surface area contributed by atoms with Crippen molar-refractivity contribution in [1.29, 1.82) is 0 Å². The molecule has 1 aliphatic carbocycles. The van der Waals surface area contributed by atoms with E-state index in [1.165, 1.54) is 25.7 Å². The Morgan fingerprint density at radius 1 is 1.38 bits per heavy atom. The van der Waals surface area contributed by atoms with Crippen LogP contribution in [-0.4, -0.2) is 29.2 Å². The second kappa shape index (κ2) is 8.10. The van der Waals surface area contributed by atoms with E-state index in [1.54, 1.807) is 0 Å². The van der Waals surface area contributed by atoms with Gasteiger partial charge in [-0.1, -0.05) is 41.6 Å². The average Bonchev–Trinajstić information content (AvgIpc) is 2.80. The fourth-order valence-electron chi connectivity index (χ4n) is 2.49. The first kappa shape index (κ1) is 14.0. The van der Waals surface area contributed by atoms with E-state index in [0.717, 1.165) is 43.6 Å². The van der Waals surface area contributed by atoms with Gasteiger partial charge in [0.15, 0.2) is 0 Å². The van der Waals surface area contributed by atoms with Gasteiger partial charge >= 0.3 is 0 Å². The van der Waals surface area contributed by atoms with Crippen molar-refractivity contribution in [1.82, 2.24) is 4.90 Å². The summed E-state index contributed by atoms with van der Waals surface area (Å²) in [6.45, 7) is 3.84. The molecule has 0 aromatic heterocycles. The zero-order chi connectivity index (χ0) is 11.8. The first-order valence-corrected chi connectivity index (χ1v) is 7.73. The smallest absolute Gasteiger partial charge is 0.222 e. The highest BCUT2D eigenvalue weighted by molar-refractivity contribution is 9.09. The first-order valence-electron chi connectivity index (χ1n) is 6.61. The number of hydrogen-bond donors (Lipinski definition) is 0. The van der Waals surface area contributed by atoms with E-state index >= 15 is 0 Å². The van der Waals surface area contributed by atoms with Crippen LogP contribution in [0.25, 0.3) is 0 Å². The van der Waals surface area contributed by atoms with E-state index in [-0.39, 0.29) is 0 Å². The highest BCUT2D eigenvalue weighted by Crippen LogP contribution is 2.28. The van der Waals surface area contributed by atoms with Crippen LogP contribution in [0.5, 0.6) is 0 Å². The number of amides is 1. The minimum atomic E-state index is 0.357. The molecule has 3 heteroatoms. The molecule has 1 aliphatic rings. The van der Waals surface area contributed by atoms with Crippen LogP contribution in [0.3, 0.4) is 0 Å². The van der Waals surface area contributed by atoms with Crippen molar-refractivity contribution in [2.75, 3.05) is 18.4 Å². The van der Waals surface area contributed by atoms with Gasteiger partial charge in [-0.25, -0.2) is 0 Å². The zero-order valence-corrected chi connectivity index (χ0v) is 12.0. The van der Waals surface area contributed by atoms with Crippen LogP contribution in [0.15, 0.2) is 0 Å². The molecular weight excluding hydrogens is 266 g/mol. The van der Waals surface area contributed by atoms with Crippen LogP contribution in [0.2, 0.25) is 0 Å². The quantitative estimate of drug-likeness (QED) is 0.656. The minimum absolute atomic E-state index is 0.357. The largest absolute Gasteiger partial charge is 0.343 e. The second-order valence-electron chi connectivity index (χ2n) is 4.71. The van der Waals surface area contributed by atoms with Crippen LogP contribution in [0.1, 0.15) is 51.9 Å². The molecule has 16 heavy (non-hydrogen) atoms. The average molecular weight is 290 g/mol. The first-order chi connectivity index (χ1) is 7.77. The number of nitrogens with zero attached hydrogens (tertiary/aromatic N) is 1. The van der Waals surface area contributed by atoms with Crippen molar-refractivity contribution in [3.8, 4) is 0 Å². The predicted molar refractivity (Wildman–Crippen MR) is 71.9 cm³/mol. The third-order valence-corrected chi connectivity index (χ3v) is 4.10. The fourth-order valence-corrected chi connectivity index (χ4v) is 2.75. The Morgan fingerprint density at radius 3 is 2.62 bits per heavy atom. The molecule has 1 amide bonds. The molecule has 0 radical (unpaired) electrons. The Bertz CT molecular complexity index is 202. The molecule has 0 N–H and O–H groups in total. The van der Waals surface area contributed by atoms with Crippen LogP contribution < -0.4 is 0 Å². The highest BCUT2D eigenvalue weighted by Gasteiger charge is 2.18. The Balaban J connectivity index is 2.19. The molecule has 0 saturated heterocycles. The maximum Gasteiger partial charge on any atom is 0.222 e. The number of halogens is 1. The molecule has 0 aliphatic heterocycles. The van der Waals surface area contributed by atoms with Gasteiger partial charge in [0, 0.05) is 24.8 Å². The molecule has 0 atom stereocenters. The summed E-state index contributed by atoms with van der Waals surface area (Å²) in [6, 6.07) is 0. The number of rotatable bonds is 7. The number of alkyl halides is 1. The Hall–Kier alpha value is -0.0500. The predicted octanol–water partition coefficient (Wildman–Crippen LogP) is 3.59. The second-order valence-corrected chi connectivity index (χ2v) is 5.50. The lowest BCUT2D eigenvalue weighted by molar-refractivity contribution is -0.131. The van der Waals surface area contributed by atoms with Crippen molar-refractivity contribution < 1.29 is 4.79 Å². The van der Waals surface area contributed by atoms with Gasteiger partial charge in [0.2, 0.25) is 5.91 Å². The maximum atomic E-state index is 11.9.